The highest BCUT2D eigenvalue weighted by molar-refractivity contribution is 7.61. The Hall–Kier alpha value is 0.350. The van der Waals surface area contributed by atoms with Crippen LogP contribution in [0.3, 0.4) is 0 Å². The fraction of sp³-hybridized carbons (Fsp3) is 1.00. The molecule has 5 aliphatic carbocycles. The van der Waals surface area contributed by atoms with Crippen LogP contribution in [0, 0.1) is 29.6 Å². The fourth-order valence-electron chi connectivity index (χ4n) is 3.81. The van der Waals surface area contributed by atoms with Gasteiger partial charge in [-0.25, -0.2) is 0 Å². The molecule has 8 heavy (non-hydrogen) atoms. The number of rotatable bonds is 0. The fourth-order valence-corrected chi connectivity index (χ4v) is 4.54. The van der Waals surface area contributed by atoms with Crippen LogP contribution < -0.4 is 0 Å². The minimum Gasteiger partial charge on any atom is -0.785 e. The molecule has 5 saturated carbocycles. The van der Waals surface area contributed by atoms with Gasteiger partial charge in [-0.2, -0.15) is 0 Å². The molecule has 2 bridgehead atoms. The van der Waals surface area contributed by atoms with E-state index in [0.717, 1.165) is 17.8 Å². The van der Waals surface area contributed by atoms with Gasteiger partial charge in [0.25, 0.3) is 0 Å². The summed E-state index contributed by atoms with van der Waals surface area (Å²) in [5, 5.41) is 0. The zero-order valence-corrected chi connectivity index (χ0v) is 5.32. The first-order valence-electron chi connectivity index (χ1n) is 3.54. The maximum Gasteiger partial charge on any atom is -0.0333 e. The highest BCUT2D eigenvalue weighted by atomic mass is 32.1. The van der Waals surface area contributed by atoms with Crippen LogP contribution >= 0.6 is 0 Å². The highest BCUT2D eigenvalue weighted by Crippen LogP contribution is 2.94. The predicted octanol–water partition coefficient (Wildman–Crippen LogP) is 0.798. The summed E-state index contributed by atoms with van der Waals surface area (Å²) in [6.45, 7) is 0. The molecule has 0 aliphatic heterocycles. The third-order valence-electron chi connectivity index (χ3n) is 4.08. The second-order valence-corrected chi connectivity index (χ2v) is 4.79. The Kier molecular flexibility index (Phi) is 0.260. The normalized spacial score (nSPS) is 94.9. The molecule has 4 atom stereocenters. The van der Waals surface area contributed by atoms with Crippen molar-refractivity contribution in [3.8, 4) is 0 Å². The Balaban J connectivity index is 2.11. The van der Waals surface area contributed by atoms with E-state index in [0.29, 0.717) is 4.75 Å². The average Bonchev–Trinajstić information content (AvgIpc) is 2.11. The molecule has 0 nitrogen and oxygen atoms in total. The predicted molar refractivity (Wildman–Crippen MR) is 32.2 cm³/mol. The van der Waals surface area contributed by atoms with Gasteiger partial charge in [0.05, 0.1) is 0 Å². The van der Waals surface area contributed by atoms with Crippen LogP contribution in [0.15, 0.2) is 0 Å². The second kappa shape index (κ2) is 0.593. The third-order valence-corrected chi connectivity index (χ3v) is 4.79. The minimum absolute atomic E-state index is 0.514. The topological polar surface area (TPSA) is 0 Å². The standard InChI is InChI=1S/C7H8S/c8-7-1-2-3-4(2)6(7)5(3)7/h2-6,8H,1H2/p-1. The van der Waals surface area contributed by atoms with E-state index in [9.17, 15) is 0 Å². The van der Waals surface area contributed by atoms with Crippen LogP contribution in [0.5, 0.6) is 0 Å². The van der Waals surface area contributed by atoms with Crippen molar-refractivity contribution < 1.29 is 0 Å². The van der Waals surface area contributed by atoms with Crippen LogP contribution in [0.4, 0.5) is 0 Å². The van der Waals surface area contributed by atoms with Crippen molar-refractivity contribution in [2.75, 3.05) is 0 Å². The molecule has 42 valence electrons. The zero-order valence-electron chi connectivity index (χ0n) is 4.50. The van der Waals surface area contributed by atoms with Crippen molar-refractivity contribution in [2.45, 2.75) is 11.2 Å². The SMILES string of the molecule is [S-]C12CC3C4C3C1C42. The Labute approximate surface area is 54.1 Å². The lowest BCUT2D eigenvalue weighted by Crippen LogP contribution is -2.00. The minimum atomic E-state index is 0.514. The van der Waals surface area contributed by atoms with E-state index in [2.05, 4.69) is 0 Å². The largest absolute Gasteiger partial charge is 0.785 e. The van der Waals surface area contributed by atoms with Crippen LogP contribution in [0.1, 0.15) is 6.42 Å². The van der Waals surface area contributed by atoms with Gasteiger partial charge >= 0.3 is 0 Å². The van der Waals surface area contributed by atoms with Gasteiger partial charge in [0.1, 0.15) is 0 Å². The van der Waals surface area contributed by atoms with Crippen molar-refractivity contribution in [3.63, 3.8) is 0 Å². The molecule has 0 heterocycles. The molecule has 0 saturated heterocycles. The van der Waals surface area contributed by atoms with E-state index in [-0.39, 0.29) is 0 Å². The molecule has 0 N–H and O–H groups in total. The zero-order chi connectivity index (χ0) is 5.09. The molecule has 5 aliphatic rings. The quantitative estimate of drug-likeness (QED) is 0.429. The molecule has 0 spiro atoms. The first kappa shape index (κ1) is 3.50. The van der Waals surface area contributed by atoms with Gasteiger partial charge in [-0.05, 0) is 17.8 Å². The molecule has 5 fully saturated rings. The van der Waals surface area contributed by atoms with E-state index in [1.165, 1.54) is 18.3 Å². The number of hydrogen-bond acceptors (Lipinski definition) is 1. The Morgan fingerprint density at radius 3 is 2.00 bits per heavy atom. The summed E-state index contributed by atoms with van der Waals surface area (Å²) in [5.74, 6) is 5.66. The summed E-state index contributed by atoms with van der Waals surface area (Å²) in [7, 11) is 0. The van der Waals surface area contributed by atoms with Crippen LogP contribution in [-0.4, -0.2) is 4.75 Å². The molecular formula is C7H7S-. The van der Waals surface area contributed by atoms with E-state index in [4.69, 9.17) is 12.6 Å². The van der Waals surface area contributed by atoms with Crippen molar-refractivity contribution >= 4 is 12.6 Å². The van der Waals surface area contributed by atoms with E-state index in [1.807, 2.05) is 0 Å². The molecule has 0 aromatic rings. The average molecular weight is 123 g/mol. The van der Waals surface area contributed by atoms with Crippen LogP contribution in [0.2, 0.25) is 0 Å². The van der Waals surface area contributed by atoms with Gasteiger partial charge in [0.2, 0.25) is 0 Å². The van der Waals surface area contributed by atoms with E-state index >= 15 is 0 Å². The van der Waals surface area contributed by atoms with Crippen molar-refractivity contribution in [1.29, 1.82) is 0 Å². The Bertz CT molecular complexity index is 176. The molecule has 0 amide bonds. The summed E-state index contributed by atoms with van der Waals surface area (Å²) in [6.07, 6.45) is 1.44. The molecule has 0 aromatic carbocycles. The summed E-state index contributed by atoms with van der Waals surface area (Å²) in [5.41, 5.74) is 0. The molecule has 4 unspecified atom stereocenters. The van der Waals surface area contributed by atoms with Crippen LogP contribution in [-0.2, 0) is 12.6 Å². The summed E-state index contributed by atoms with van der Waals surface area (Å²) in [4.78, 5) is 0. The van der Waals surface area contributed by atoms with E-state index in [1.54, 1.807) is 0 Å². The summed E-state index contributed by atoms with van der Waals surface area (Å²) in [6, 6.07) is 0. The summed E-state index contributed by atoms with van der Waals surface area (Å²) < 4.78 is 0.514. The maximum absolute atomic E-state index is 5.47. The van der Waals surface area contributed by atoms with Crippen molar-refractivity contribution in [3.05, 3.63) is 0 Å². The van der Waals surface area contributed by atoms with Crippen molar-refractivity contribution in [2.24, 2.45) is 29.6 Å². The smallest absolute Gasteiger partial charge is 0.0333 e. The first-order chi connectivity index (χ1) is 3.84. The summed E-state index contributed by atoms with van der Waals surface area (Å²) >= 11 is 5.47. The van der Waals surface area contributed by atoms with Gasteiger partial charge in [-0.1, -0.05) is 18.3 Å². The lowest BCUT2D eigenvalue weighted by Gasteiger charge is -2.15. The second-order valence-electron chi connectivity index (χ2n) is 4.03. The van der Waals surface area contributed by atoms with Gasteiger partial charge in [-0.15, -0.1) is 4.75 Å². The van der Waals surface area contributed by atoms with Gasteiger partial charge < -0.3 is 12.6 Å². The van der Waals surface area contributed by atoms with Gasteiger partial charge in [0.15, 0.2) is 0 Å². The Morgan fingerprint density at radius 2 is 1.88 bits per heavy atom. The molecular weight excluding hydrogens is 116 g/mol. The van der Waals surface area contributed by atoms with Gasteiger partial charge in [0, 0.05) is 0 Å². The lowest BCUT2D eigenvalue weighted by molar-refractivity contribution is 0.434. The molecule has 1 heteroatoms. The Morgan fingerprint density at radius 1 is 1.25 bits per heavy atom. The first-order valence-corrected chi connectivity index (χ1v) is 3.95. The monoisotopic (exact) mass is 123 g/mol. The molecule has 0 radical (unpaired) electrons. The highest BCUT2D eigenvalue weighted by Gasteiger charge is 2.89. The van der Waals surface area contributed by atoms with Crippen molar-refractivity contribution in [1.82, 2.24) is 0 Å². The molecule has 0 aromatic heterocycles. The lowest BCUT2D eigenvalue weighted by atomic mass is 10.0. The number of hydrogen-bond donors (Lipinski definition) is 0. The van der Waals surface area contributed by atoms with Crippen LogP contribution in [0.25, 0.3) is 0 Å². The van der Waals surface area contributed by atoms with E-state index < -0.39 is 0 Å². The molecule has 5 rings (SSSR count). The third kappa shape index (κ3) is 0.130. The maximum atomic E-state index is 5.47. The van der Waals surface area contributed by atoms with Gasteiger partial charge in [-0.3, -0.25) is 0 Å².